The van der Waals surface area contributed by atoms with Crippen molar-refractivity contribution in [3.05, 3.63) is 113 Å². The summed E-state index contributed by atoms with van der Waals surface area (Å²) >= 11 is 6.89. The van der Waals surface area contributed by atoms with Crippen molar-refractivity contribution in [2.24, 2.45) is 5.73 Å². The number of hydrogen-bond acceptors (Lipinski definition) is 6. The van der Waals surface area contributed by atoms with Crippen LogP contribution in [0, 0.1) is 0 Å². The van der Waals surface area contributed by atoms with Gasteiger partial charge in [-0.25, -0.2) is 4.98 Å². The predicted molar refractivity (Wildman–Crippen MR) is 157 cm³/mol. The number of hydrogen-bond donors (Lipinski definition) is 3. The number of anilines is 2. The van der Waals surface area contributed by atoms with Crippen LogP contribution in [0.2, 0.25) is 0 Å². The van der Waals surface area contributed by atoms with E-state index in [0.29, 0.717) is 27.9 Å². The molecule has 0 amide bonds. The van der Waals surface area contributed by atoms with E-state index in [1.165, 1.54) is 23.5 Å². The number of alkyl halides is 3. The molecule has 0 aliphatic carbocycles. The third kappa shape index (κ3) is 6.50. The lowest BCUT2D eigenvalue weighted by Gasteiger charge is -2.13. The van der Waals surface area contributed by atoms with E-state index in [1.54, 1.807) is 6.07 Å². The van der Waals surface area contributed by atoms with Gasteiger partial charge in [0.05, 0.1) is 17.0 Å². The molecule has 0 spiro atoms. The second-order valence-electron chi connectivity index (χ2n) is 8.75. The number of benzene rings is 3. The highest BCUT2D eigenvalue weighted by Crippen LogP contribution is 2.34. The van der Waals surface area contributed by atoms with Crippen LogP contribution in [0.1, 0.15) is 21.7 Å². The first kappa shape index (κ1) is 27.4. The van der Waals surface area contributed by atoms with Crippen LogP contribution in [0.5, 0.6) is 0 Å². The number of nitrogens with zero attached hydrogens (tertiary/aromatic N) is 3. The van der Waals surface area contributed by atoms with Gasteiger partial charge in [-0.1, -0.05) is 60.7 Å². The van der Waals surface area contributed by atoms with Crippen LogP contribution in [0.15, 0.2) is 91.0 Å². The maximum absolute atomic E-state index is 13.0. The summed E-state index contributed by atoms with van der Waals surface area (Å²) in [4.78, 5) is 5.58. The van der Waals surface area contributed by atoms with E-state index in [0.717, 1.165) is 45.2 Å². The summed E-state index contributed by atoms with van der Waals surface area (Å²) in [6.45, 7) is 0.265. The van der Waals surface area contributed by atoms with Crippen LogP contribution in [0.4, 0.5) is 24.7 Å². The van der Waals surface area contributed by atoms with Crippen LogP contribution < -0.4 is 16.4 Å². The minimum absolute atomic E-state index is 0.265. The Morgan fingerprint density at radius 2 is 1.55 bits per heavy atom. The Labute approximate surface area is 238 Å². The molecule has 4 N–H and O–H groups in total. The molecular weight excluding hydrogens is 553 g/mol. The Morgan fingerprint density at radius 1 is 0.825 bits per heavy atom. The summed E-state index contributed by atoms with van der Waals surface area (Å²) in [6.07, 6.45) is -3.93. The molecule has 202 valence electrons. The fraction of sp³-hybridized carbons (Fsp3) is 0.103. The van der Waals surface area contributed by atoms with Gasteiger partial charge in [-0.15, -0.1) is 21.5 Å². The molecule has 40 heavy (non-hydrogen) atoms. The number of aromatic nitrogens is 3. The van der Waals surface area contributed by atoms with Gasteiger partial charge in [0.25, 0.3) is 0 Å². The lowest BCUT2D eigenvalue weighted by atomic mass is 10.1. The zero-order chi connectivity index (χ0) is 28.1. The fourth-order valence-electron chi connectivity index (χ4n) is 4.01. The topological polar surface area (TPSA) is 88.8 Å². The number of para-hydroxylation sites is 1. The smallest absolute Gasteiger partial charge is 0.332 e. The van der Waals surface area contributed by atoms with Crippen molar-refractivity contribution in [3.8, 4) is 21.8 Å². The van der Waals surface area contributed by atoms with E-state index in [2.05, 4.69) is 20.8 Å². The SMILES string of the molecule is NCc1sc(-c2ccc(C(F)(F)F)cc2)nc1Cc1ccccc1NC(=S)Nc1ccc(-c2ccccc2)nn1. The molecule has 0 saturated heterocycles. The largest absolute Gasteiger partial charge is 0.416 e. The standard InChI is InChI=1S/C29H23F3N6S2/c30-29(31,32)21-12-10-19(11-13-21)27-34-24(25(17-33)40-27)16-20-8-4-5-9-22(20)35-28(39)36-26-15-14-23(37-38-26)18-6-2-1-3-7-18/h1-15H,16-17,33H2,(H2,35,36,38,39). The number of thiocarbonyl (C=S) groups is 1. The molecule has 2 heterocycles. The van der Waals surface area contributed by atoms with E-state index in [-0.39, 0.29) is 6.54 Å². The summed E-state index contributed by atoms with van der Waals surface area (Å²) in [6, 6.07) is 26.1. The maximum atomic E-state index is 13.0. The molecule has 5 rings (SSSR count). The highest BCUT2D eigenvalue weighted by molar-refractivity contribution is 7.80. The molecular formula is C29H23F3N6S2. The monoisotopic (exact) mass is 576 g/mol. The molecule has 0 atom stereocenters. The average molecular weight is 577 g/mol. The number of nitrogens with two attached hydrogens (primary N) is 1. The lowest BCUT2D eigenvalue weighted by Crippen LogP contribution is -2.21. The summed E-state index contributed by atoms with van der Waals surface area (Å²) < 4.78 is 38.9. The zero-order valence-electron chi connectivity index (χ0n) is 20.9. The van der Waals surface area contributed by atoms with Crippen molar-refractivity contribution < 1.29 is 13.2 Å². The molecule has 0 bridgehead atoms. The van der Waals surface area contributed by atoms with Crippen LogP contribution in [-0.2, 0) is 19.1 Å². The third-order valence-electron chi connectivity index (χ3n) is 6.02. The second-order valence-corrected chi connectivity index (χ2v) is 10.2. The van der Waals surface area contributed by atoms with Crippen molar-refractivity contribution in [2.75, 3.05) is 10.6 Å². The highest BCUT2D eigenvalue weighted by atomic mass is 32.1. The van der Waals surface area contributed by atoms with E-state index in [9.17, 15) is 13.2 Å². The first-order valence-corrected chi connectivity index (χ1v) is 13.4. The minimum atomic E-state index is -4.39. The Balaban J connectivity index is 1.29. The number of nitrogens with one attached hydrogen (secondary N) is 2. The summed E-state index contributed by atoms with van der Waals surface area (Å²) in [5, 5.41) is 15.7. The van der Waals surface area contributed by atoms with Gasteiger partial charge in [-0.2, -0.15) is 13.2 Å². The summed E-state index contributed by atoms with van der Waals surface area (Å²) in [7, 11) is 0. The molecule has 11 heteroatoms. The normalized spacial score (nSPS) is 11.3. The van der Waals surface area contributed by atoms with Gasteiger partial charge in [-0.05, 0) is 48.1 Å². The Kier molecular flexibility index (Phi) is 8.15. The average Bonchev–Trinajstić information content (AvgIpc) is 3.37. The number of thiazole rings is 1. The molecule has 0 aliphatic rings. The molecule has 2 aromatic heterocycles. The van der Waals surface area contributed by atoms with Crippen LogP contribution in [-0.4, -0.2) is 20.3 Å². The van der Waals surface area contributed by atoms with E-state index >= 15 is 0 Å². The van der Waals surface area contributed by atoms with E-state index < -0.39 is 11.7 Å². The molecule has 0 saturated carbocycles. The maximum Gasteiger partial charge on any atom is 0.416 e. The number of rotatable bonds is 7. The third-order valence-corrected chi connectivity index (χ3v) is 7.40. The van der Waals surface area contributed by atoms with Crippen LogP contribution in [0.25, 0.3) is 21.8 Å². The van der Waals surface area contributed by atoms with Crippen LogP contribution in [0.3, 0.4) is 0 Å². The van der Waals surface area contributed by atoms with Gasteiger partial charge in [-0.3, -0.25) is 0 Å². The van der Waals surface area contributed by atoms with E-state index in [1.807, 2.05) is 60.7 Å². The van der Waals surface area contributed by atoms with Gasteiger partial charge in [0.1, 0.15) is 5.01 Å². The van der Waals surface area contributed by atoms with Gasteiger partial charge in [0.15, 0.2) is 10.9 Å². The van der Waals surface area contributed by atoms with E-state index in [4.69, 9.17) is 22.9 Å². The van der Waals surface area contributed by atoms with Gasteiger partial charge >= 0.3 is 6.18 Å². The highest BCUT2D eigenvalue weighted by Gasteiger charge is 2.30. The van der Waals surface area contributed by atoms with Crippen molar-refractivity contribution in [2.45, 2.75) is 19.1 Å². The number of halogens is 3. The first-order valence-electron chi connectivity index (χ1n) is 12.2. The predicted octanol–water partition coefficient (Wildman–Crippen LogP) is 7.14. The Hall–Kier alpha value is -4.19. The van der Waals surface area contributed by atoms with Gasteiger partial charge in [0.2, 0.25) is 0 Å². The molecule has 0 fully saturated rings. The lowest BCUT2D eigenvalue weighted by molar-refractivity contribution is -0.137. The Bertz CT molecular complexity index is 1600. The quantitative estimate of drug-likeness (QED) is 0.177. The second kappa shape index (κ2) is 11.9. The summed E-state index contributed by atoms with van der Waals surface area (Å²) in [5.74, 6) is 0.501. The summed E-state index contributed by atoms with van der Waals surface area (Å²) in [5.41, 5.74) is 10.1. The van der Waals surface area contributed by atoms with Gasteiger partial charge in [0, 0.05) is 34.7 Å². The van der Waals surface area contributed by atoms with Crippen molar-refractivity contribution >= 4 is 40.2 Å². The first-order chi connectivity index (χ1) is 19.3. The fourth-order valence-corrected chi connectivity index (χ4v) is 5.19. The van der Waals surface area contributed by atoms with Crippen LogP contribution >= 0.6 is 23.6 Å². The Morgan fingerprint density at radius 3 is 2.23 bits per heavy atom. The van der Waals surface area contributed by atoms with Crippen molar-refractivity contribution in [3.63, 3.8) is 0 Å². The van der Waals surface area contributed by atoms with Crippen molar-refractivity contribution in [1.82, 2.24) is 15.2 Å². The molecule has 0 aliphatic heterocycles. The van der Waals surface area contributed by atoms with Crippen molar-refractivity contribution in [1.29, 1.82) is 0 Å². The zero-order valence-corrected chi connectivity index (χ0v) is 22.6. The molecule has 0 unspecified atom stereocenters. The molecule has 3 aromatic carbocycles. The molecule has 0 radical (unpaired) electrons. The minimum Gasteiger partial charge on any atom is -0.332 e. The molecule has 5 aromatic rings. The van der Waals surface area contributed by atoms with Gasteiger partial charge < -0.3 is 16.4 Å². The molecule has 6 nitrogen and oxygen atoms in total.